The molecule has 2 aliphatic rings. The van der Waals surface area contributed by atoms with E-state index in [1.54, 1.807) is 12.4 Å². The molecule has 9 N–H and O–H groups in total. The number of benzene rings is 2. The average molecular weight is 834 g/mol. The number of aromatic amines is 3. The third kappa shape index (κ3) is 10.3. The lowest BCUT2D eigenvalue weighted by Crippen LogP contribution is -2.58. The highest BCUT2D eigenvalue weighted by atomic mass is 16.2. The number of rotatable bonds is 8. The summed E-state index contributed by atoms with van der Waals surface area (Å²) in [4.78, 5) is 112. The van der Waals surface area contributed by atoms with Crippen LogP contribution in [0.5, 0.6) is 0 Å². The molecular formula is C43H51N11O7. The molecule has 2 aliphatic heterocycles. The number of imidazole rings is 1. The van der Waals surface area contributed by atoms with Crippen molar-refractivity contribution in [1.82, 2.24) is 56.7 Å². The summed E-state index contributed by atoms with van der Waals surface area (Å²) in [5.41, 5.74) is 3.69. The summed E-state index contributed by atoms with van der Waals surface area (Å²) in [5, 5.41) is 18.0. The second-order valence-corrected chi connectivity index (χ2v) is 16.0. The Morgan fingerprint density at radius 3 is 1.79 bits per heavy atom. The molecule has 0 unspecified atom stereocenters. The second-order valence-electron chi connectivity index (χ2n) is 16.0. The van der Waals surface area contributed by atoms with Crippen molar-refractivity contribution in [3.63, 3.8) is 0 Å². The highest BCUT2D eigenvalue weighted by Gasteiger charge is 2.40. The van der Waals surface area contributed by atoms with E-state index < -0.39 is 84.6 Å². The fourth-order valence-electron chi connectivity index (χ4n) is 8.09. The Morgan fingerprint density at radius 1 is 0.639 bits per heavy atom. The molecular weight excluding hydrogens is 783 g/mol. The van der Waals surface area contributed by atoms with Crippen molar-refractivity contribution in [1.29, 1.82) is 0 Å². The van der Waals surface area contributed by atoms with Crippen LogP contribution >= 0.6 is 0 Å². The summed E-state index contributed by atoms with van der Waals surface area (Å²) < 4.78 is 0. The molecule has 5 atom stereocenters. The first-order chi connectivity index (χ1) is 29.4. The van der Waals surface area contributed by atoms with E-state index in [0.29, 0.717) is 18.5 Å². The monoisotopic (exact) mass is 833 g/mol. The molecule has 0 radical (unpaired) electrons. The zero-order valence-electron chi connectivity index (χ0n) is 34.0. The van der Waals surface area contributed by atoms with Crippen LogP contribution in [-0.4, -0.2) is 116 Å². The molecule has 2 saturated heterocycles. The van der Waals surface area contributed by atoms with E-state index in [1.807, 2.05) is 62.4 Å². The normalized spacial score (nSPS) is 22.8. The summed E-state index contributed by atoms with van der Waals surface area (Å²) in [6.45, 7) is 2.91. The molecule has 5 aromatic rings. The largest absolute Gasteiger partial charge is 0.361 e. The summed E-state index contributed by atoms with van der Waals surface area (Å²) >= 11 is 0. The molecule has 5 heterocycles. The molecule has 320 valence electrons. The minimum absolute atomic E-state index is 0.0194. The molecule has 18 nitrogen and oxygen atoms in total. The van der Waals surface area contributed by atoms with Crippen LogP contribution in [0, 0.1) is 5.92 Å². The van der Waals surface area contributed by atoms with Crippen LogP contribution in [0.1, 0.15) is 49.9 Å². The molecule has 0 saturated carbocycles. The van der Waals surface area contributed by atoms with Crippen molar-refractivity contribution in [2.24, 2.45) is 5.92 Å². The zero-order valence-corrected chi connectivity index (χ0v) is 34.0. The van der Waals surface area contributed by atoms with Gasteiger partial charge in [-0.2, -0.15) is 0 Å². The van der Waals surface area contributed by atoms with Crippen molar-refractivity contribution < 1.29 is 33.6 Å². The van der Waals surface area contributed by atoms with Crippen LogP contribution in [0.3, 0.4) is 0 Å². The molecule has 7 amide bonds. The summed E-state index contributed by atoms with van der Waals surface area (Å²) in [6, 6.07) is 9.48. The smallest absolute Gasteiger partial charge is 0.246 e. The van der Waals surface area contributed by atoms with Gasteiger partial charge in [0.15, 0.2) is 0 Å². The highest BCUT2D eigenvalue weighted by molar-refractivity contribution is 5.98. The van der Waals surface area contributed by atoms with E-state index >= 15 is 0 Å². The van der Waals surface area contributed by atoms with Gasteiger partial charge in [-0.3, -0.25) is 33.6 Å². The van der Waals surface area contributed by atoms with Crippen LogP contribution in [0.15, 0.2) is 73.4 Å². The maximum atomic E-state index is 14.6. The quantitative estimate of drug-likeness (QED) is 0.107. The Kier molecular flexibility index (Phi) is 13.1. The first-order valence-corrected chi connectivity index (χ1v) is 20.6. The number of hydrogen-bond donors (Lipinski definition) is 9. The lowest BCUT2D eigenvalue weighted by atomic mass is 10.0. The van der Waals surface area contributed by atoms with Crippen LogP contribution in [-0.2, 0) is 52.8 Å². The van der Waals surface area contributed by atoms with E-state index in [1.165, 1.54) is 17.4 Å². The first kappa shape index (κ1) is 42.2. The van der Waals surface area contributed by atoms with Crippen molar-refractivity contribution in [3.8, 4) is 0 Å². The van der Waals surface area contributed by atoms with E-state index in [-0.39, 0.29) is 38.1 Å². The van der Waals surface area contributed by atoms with Gasteiger partial charge in [-0.1, -0.05) is 50.2 Å². The number of nitrogens with one attached hydrogen (secondary N) is 9. The zero-order chi connectivity index (χ0) is 43.0. The van der Waals surface area contributed by atoms with E-state index in [4.69, 9.17) is 0 Å². The van der Waals surface area contributed by atoms with Crippen LogP contribution < -0.4 is 31.9 Å². The Labute approximate surface area is 351 Å². The maximum absolute atomic E-state index is 14.6. The minimum atomic E-state index is -1.20. The standard InChI is InChI=1S/C43H51N11O7/c1-24(2)14-32-41(59)52-34(17-27-20-44-23-49-27)40(58)48-22-38(56)51-35(16-26-19-46-31-11-6-4-9-29(26)31)43(61)54-13-7-12-36(54)42(60)53-33(39(57)47-21-37(55)50-32)15-25-18-45-30-10-5-3-8-28(25)30/h3-6,8-11,18-20,23-24,32-36,45-46H,7,12-17,21-22H2,1-2H3,(H,44,49)(H,47,57)(H,48,58)(H,50,55)(H,51,56)(H,52,59)(H,53,60)/t32-,33-,34-,35-,36-/m0/s1. The molecule has 3 aromatic heterocycles. The van der Waals surface area contributed by atoms with Gasteiger partial charge in [0.05, 0.1) is 19.4 Å². The second kappa shape index (κ2) is 18.9. The lowest BCUT2D eigenvalue weighted by Gasteiger charge is -2.30. The van der Waals surface area contributed by atoms with Gasteiger partial charge in [0, 0.05) is 71.9 Å². The number of carbonyl (C=O) groups is 7. The van der Waals surface area contributed by atoms with Gasteiger partial charge in [-0.05, 0) is 48.4 Å². The molecule has 7 rings (SSSR count). The van der Waals surface area contributed by atoms with E-state index in [2.05, 4.69) is 51.8 Å². The van der Waals surface area contributed by atoms with E-state index in [0.717, 1.165) is 32.9 Å². The fourth-order valence-corrected chi connectivity index (χ4v) is 8.09. The number of carbonyl (C=O) groups excluding carboxylic acids is 7. The molecule has 2 aromatic carbocycles. The van der Waals surface area contributed by atoms with E-state index in [9.17, 15) is 33.6 Å². The predicted octanol–water partition coefficient (Wildman–Crippen LogP) is 0.623. The highest BCUT2D eigenvalue weighted by Crippen LogP contribution is 2.24. The van der Waals surface area contributed by atoms with Crippen molar-refractivity contribution in [2.45, 2.75) is 82.6 Å². The van der Waals surface area contributed by atoms with Gasteiger partial charge in [-0.25, -0.2) is 4.98 Å². The summed E-state index contributed by atoms with van der Waals surface area (Å²) in [7, 11) is 0. The van der Waals surface area contributed by atoms with Gasteiger partial charge >= 0.3 is 0 Å². The van der Waals surface area contributed by atoms with Gasteiger partial charge in [0.25, 0.3) is 0 Å². The molecule has 0 spiro atoms. The number of H-pyrrole nitrogens is 3. The summed E-state index contributed by atoms with van der Waals surface area (Å²) in [5.74, 6) is -4.48. The third-order valence-electron chi connectivity index (χ3n) is 11.1. The number of fused-ring (bicyclic) bond motifs is 3. The summed E-state index contributed by atoms with van der Waals surface area (Å²) in [6.07, 6.45) is 7.56. The minimum Gasteiger partial charge on any atom is -0.361 e. The first-order valence-electron chi connectivity index (χ1n) is 20.6. The Morgan fingerprint density at radius 2 is 1.20 bits per heavy atom. The Balaban J connectivity index is 1.21. The third-order valence-corrected chi connectivity index (χ3v) is 11.1. The molecule has 18 heteroatoms. The number of aromatic nitrogens is 4. The van der Waals surface area contributed by atoms with Crippen LogP contribution in [0.4, 0.5) is 0 Å². The van der Waals surface area contributed by atoms with Gasteiger partial charge in [0.1, 0.15) is 30.2 Å². The van der Waals surface area contributed by atoms with Gasteiger partial charge in [0.2, 0.25) is 41.4 Å². The maximum Gasteiger partial charge on any atom is 0.246 e. The molecule has 61 heavy (non-hydrogen) atoms. The number of amides is 7. The number of hydrogen-bond acceptors (Lipinski definition) is 8. The number of para-hydroxylation sites is 2. The molecule has 0 aliphatic carbocycles. The van der Waals surface area contributed by atoms with Crippen molar-refractivity contribution in [3.05, 3.63) is 90.3 Å². The molecule has 2 fully saturated rings. The fraction of sp³-hybridized carbons (Fsp3) is 0.395. The Hall–Kier alpha value is -6.98. The Bertz CT molecular complexity index is 2400. The topological polar surface area (TPSA) is 255 Å². The lowest BCUT2D eigenvalue weighted by molar-refractivity contribution is -0.142. The SMILES string of the molecule is CC(C)C[C@@H]1NC(=O)CNC(=O)[C@H](Cc2c[nH]c3ccccc23)NC(=O)[C@@H]2CCCN2C(=O)[C@H](Cc2c[nH]c3ccccc23)NC(=O)CNC(=O)[C@H](Cc2cnc[nH]2)NC1=O. The molecule has 0 bridgehead atoms. The van der Waals surface area contributed by atoms with Crippen molar-refractivity contribution in [2.75, 3.05) is 19.6 Å². The van der Waals surface area contributed by atoms with Crippen LogP contribution in [0.2, 0.25) is 0 Å². The van der Waals surface area contributed by atoms with Crippen LogP contribution in [0.25, 0.3) is 21.8 Å². The predicted molar refractivity (Wildman–Crippen MR) is 224 cm³/mol. The van der Waals surface area contributed by atoms with Gasteiger partial charge < -0.3 is 51.8 Å². The van der Waals surface area contributed by atoms with Crippen molar-refractivity contribution >= 4 is 63.2 Å². The number of nitrogens with zero attached hydrogens (tertiary/aromatic N) is 2. The average Bonchev–Trinajstić information content (AvgIpc) is 4.09. The van der Waals surface area contributed by atoms with Gasteiger partial charge in [-0.15, -0.1) is 0 Å².